The molecular formula is C54H38N12O2. The van der Waals surface area contributed by atoms with Crippen LogP contribution in [0.4, 0.5) is 56.9 Å². The van der Waals surface area contributed by atoms with E-state index < -0.39 is 0 Å². The van der Waals surface area contributed by atoms with Crippen LogP contribution in [0.15, 0.2) is 232 Å². The SMILES string of the molecule is CNc1ccc(N=Nc2ccc(N=Nc3ccc4nc(-c5ccc(-c6nc7ccc(N=Nc8ccc(N=Nc9ccc(NC)cc9)c9ccccc89)cc7o6)cc5)oc4c3)c3ccccc23)cc1. The fourth-order valence-electron chi connectivity index (χ4n) is 7.67. The average Bonchev–Trinajstić information content (AvgIpc) is 4.03. The van der Waals surface area contributed by atoms with Crippen LogP contribution in [0.2, 0.25) is 0 Å². The highest BCUT2D eigenvalue weighted by atomic mass is 16.4. The molecule has 2 N–H and O–H groups in total. The van der Waals surface area contributed by atoms with Crippen LogP contribution in [-0.2, 0) is 0 Å². The van der Waals surface area contributed by atoms with E-state index in [1.54, 1.807) is 0 Å². The lowest BCUT2D eigenvalue weighted by Crippen LogP contribution is -1.85. The lowest BCUT2D eigenvalue weighted by molar-refractivity contribution is 0.617. The summed E-state index contributed by atoms with van der Waals surface area (Å²) < 4.78 is 12.5. The first kappa shape index (κ1) is 41.2. The van der Waals surface area contributed by atoms with Crippen LogP contribution in [0.3, 0.4) is 0 Å². The second kappa shape index (κ2) is 18.1. The Morgan fingerprint density at radius 1 is 0.338 bits per heavy atom. The first-order valence-corrected chi connectivity index (χ1v) is 21.7. The molecule has 0 saturated carbocycles. The Morgan fingerprint density at radius 3 is 1.00 bits per heavy atom. The van der Waals surface area contributed by atoms with Gasteiger partial charge in [-0.05, 0) is 121 Å². The maximum atomic E-state index is 6.23. The highest BCUT2D eigenvalue weighted by Crippen LogP contribution is 2.38. The van der Waals surface area contributed by atoms with E-state index in [0.29, 0.717) is 56.7 Å². The van der Waals surface area contributed by atoms with E-state index in [1.165, 1.54) is 0 Å². The number of anilines is 2. The zero-order chi connectivity index (χ0) is 45.8. The number of nitrogens with one attached hydrogen (secondary N) is 2. The summed E-state index contributed by atoms with van der Waals surface area (Å²) in [6, 6.07) is 57.9. The fourth-order valence-corrected chi connectivity index (χ4v) is 7.67. The zero-order valence-corrected chi connectivity index (χ0v) is 36.6. The van der Waals surface area contributed by atoms with Gasteiger partial charge in [-0.2, -0.15) is 20.5 Å². The van der Waals surface area contributed by atoms with Gasteiger partial charge in [0.25, 0.3) is 0 Å². The summed E-state index contributed by atoms with van der Waals surface area (Å²) >= 11 is 0. The third-order valence-electron chi connectivity index (χ3n) is 11.3. The van der Waals surface area contributed by atoms with Gasteiger partial charge in [0.05, 0.1) is 45.5 Å². The summed E-state index contributed by atoms with van der Waals surface area (Å²) in [6.07, 6.45) is 0. The third kappa shape index (κ3) is 8.55. The predicted molar refractivity (Wildman–Crippen MR) is 269 cm³/mol. The molecule has 0 unspecified atom stereocenters. The first-order chi connectivity index (χ1) is 33.5. The Kier molecular flexibility index (Phi) is 11.0. The molecule has 14 nitrogen and oxygen atoms in total. The number of benzene rings is 9. The van der Waals surface area contributed by atoms with Crippen molar-refractivity contribution in [1.82, 2.24) is 9.97 Å². The monoisotopic (exact) mass is 886 g/mol. The average molecular weight is 887 g/mol. The normalized spacial score (nSPS) is 12.0. The lowest BCUT2D eigenvalue weighted by atomic mass is 10.1. The van der Waals surface area contributed by atoms with E-state index in [-0.39, 0.29) is 0 Å². The van der Waals surface area contributed by atoms with E-state index in [0.717, 1.165) is 66.8 Å². The van der Waals surface area contributed by atoms with Gasteiger partial charge in [0, 0.05) is 70.3 Å². The summed E-state index contributed by atoms with van der Waals surface area (Å²) in [4.78, 5) is 9.48. The Morgan fingerprint density at radius 2 is 0.662 bits per heavy atom. The molecule has 2 heterocycles. The summed E-state index contributed by atoms with van der Waals surface area (Å²) in [7, 11) is 3.76. The van der Waals surface area contributed by atoms with Gasteiger partial charge in [-0.15, -0.1) is 20.5 Å². The Balaban J connectivity index is 0.775. The van der Waals surface area contributed by atoms with Gasteiger partial charge in [-0.3, -0.25) is 0 Å². The molecule has 0 spiro atoms. The second-order valence-corrected chi connectivity index (χ2v) is 15.6. The number of azo groups is 4. The number of hydrogen-bond acceptors (Lipinski definition) is 14. The molecule has 9 aromatic carbocycles. The van der Waals surface area contributed by atoms with E-state index in [1.807, 2.05) is 196 Å². The van der Waals surface area contributed by atoms with Gasteiger partial charge in [0.1, 0.15) is 11.0 Å². The molecule has 0 radical (unpaired) electrons. The molecule has 0 aliphatic carbocycles. The van der Waals surface area contributed by atoms with Crippen molar-refractivity contribution >= 4 is 101 Å². The van der Waals surface area contributed by atoms with E-state index in [9.17, 15) is 0 Å². The highest BCUT2D eigenvalue weighted by molar-refractivity contribution is 6.00. The summed E-state index contributed by atoms with van der Waals surface area (Å²) in [5.41, 5.74) is 11.9. The Bertz CT molecular complexity index is 3520. The molecule has 11 rings (SSSR count). The van der Waals surface area contributed by atoms with Crippen LogP contribution < -0.4 is 10.6 Å². The highest BCUT2D eigenvalue weighted by Gasteiger charge is 2.14. The summed E-state index contributed by atoms with van der Waals surface area (Å²) in [5, 5.41) is 46.2. The largest absolute Gasteiger partial charge is 0.436 e. The number of nitrogens with zero attached hydrogens (tertiary/aromatic N) is 10. The summed E-state index contributed by atoms with van der Waals surface area (Å²) in [6.45, 7) is 0. The number of hydrogen-bond donors (Lipinski definition) is 2. The number of oxazole rings is 2. The minimum atomic E-state index is 0.476. The molecule has 2 aromatic heterocycles. The van der Waals surface area contributed by atoms with Crippen LogP contribution in [0.1, 0.15) is 0 Å². The molecule has 0 bridgehead atoms. The van der Waals surface area contributed by atoms with Crippen molar-refractivity contribution in [2.45, 2.75) is 0 Å². The Hall–Kier alpha value is -9.56. The van der Waals surface area contributed by atoms with Crippen molar-refractivity contribution in [3.63, 3.8) is 0 Å². The van der Waals surface area contributed by atoms with Crippen molar-refractivity contribution in [2.24, 2.45) is 40.9 Å². The van der Waals surface area contributed by atoms with Gasteiger partial charge in [0.2, 0.25) is 11.8 Å². The zero-order valence-electron chi connectivity index (χ0n) is 36.6. The van der Waals surface area contributed by atoms with Crippen LogP contribution in [0, 0.1) is 0 Å². The molecule has 0 aliphatic rings. The molecule has 326 valence electrons. The van der Waals surface area contributed by atoms with Gasteiger partial charge in [-0.1, -0.05) is 48.5 Å². The van der Waals surface area contributed by atoms with E-state index in [2.05, 4.69) is 51.5 Å². The van der Waals surface area contributed by atoms with Crippen LogP contribution >= 0.6 is 0 Å². The predicted octanol–water partition coefficient (Wildman–Crippen LogP) is 17.4. The fraction of sp³-hybridized carbons (Fsp3) is 0.0370. The number of fused-ring (bicyclic) bond motifs is 4. The number of aromatic nitrogens is 2. The van der Waals surface area contributed by atoms with Crippen molar-refractivity contribution < 1.29 is 8.83 Å². The van der Waals surface area contributed by atoms with Crippen molar-refractivity contribution in [3.8, 4) is 22.9 Å². The molecule has 11 aromatic rings. The van der Waals surface area contributed by atoms with Gasteiger partial charge >= 0.3 is 0 Å². The van der Waals surface area contributed by atoms with Crippen LogP contribution in [-0.4, -0.2) is 24.1 Å². The van der Waals surface area contributed by atoms with E-state index >= 15 is 0 Å². The quantitative estimate of drug-likeness (QED) is 0.115. The minimum absolute atomic E-state index is 0.476. The smallest absolute Gasteiger partial charge is 0.227 e. The van der Waals surface area contributed by atoms with Gasteiger partial charge in [0.15, 0.2) is 11.2 Å². The first-order valence-electron chi connectivity index (χ1n) is 21.7. The van der Waals surface area contributed by atoms with Crippen molar-refractivity contribution in [1.29, 1.82) is 0 Å². The third-order valence-corrected chi connectivity index (χ3v) is 11.3. The molecule has 0 atom stereocenters. The van der Waals surface area contributed by atoms with Crippen molar-refractivity contribution in [3.05, 3.63) is 182 Å². The molecule has 0 amide bonds. The van der Waals surface area contributed by atoms with Crippen LogP contribution in [0.25, 0.3) is 66.7 Å². The minimum Gasteiger partial charge on any atom is -0.436 e. The topological polar surface area (TPSA) is 175 Å². The molecule has 0 aliphatic heterocycles. The maximum absolute atomic E-state index is 6.23. The Labute approximate surface area is 388 Å². The summed E-state index contributed by atoms with van der Waals surface area (Å²) in [5.74, 6) is 0.952. The molecular weight excluding hydrogens is 849 g/mol. The van der Waals surface area contributed by atoms with Gasteiger partial charge < -0.3 is 19.5 Å². The standard InChI is InChI=1S/C54H38N12O2/c1-55-35-15-19-37(20-16-35)59-63-45-27-29-47(43-9-5-3-7-41(43)45)65-61-39-23-25-49-51(31-39)67-53(57-49)33-11-13-34(14-12-33)54-58-50-26-24-40(32-52(50)68-54)62-66-48-30-28-46(42-8-4-6-10-44(42)48)64-60-38-21-17-36(56-2)18-22-38/h3-32,55-56H,1-2H3. The van der Waals surface area contributed by atoms with Crippen molar-refractivity contribution in [2.75, 3.05) is 24.7 Å². The van der Waals surface area contributed by atoms with Crippen LogP contribution in [0.5, 0.6) is 0 Å². The molecule has 14 heteroatoms. The lowest BCUT2D eigenvalue weighted by Gasteiger charge is -2.04. The molecule has 0 fully saturated rings. The maximum Gasteiger partial charge on any atom is 0.227 e. The molecule has 68 heavy (non-hydrogen) atoms. The van der Waals surface area contributed by atoms with Gasteiger partial charge in [-0.25, -0.2) is 9.97 Å². The van der Waals surface area contributed by atoms with E-state index in [4.69, 9.17) is 18.8 Å². The molecule has 0 saturated heterocycles. The second-order valence-electron chi connectivity index (χ2n) is 15.6. The number of rotatable bonds is 12.